The number of nitrogens with zero attached hydrogens (tertiary/aromatic N) is 1. The van der Waals surface area contributed by atoms with Gasteiger partial charge in [-0.05, 0) is 48.0 Å². The van der Waals surface area contributed by atoms with Gasteiger partial charge in [-0.25, -0.2) is 4.98 Å². The van der Waals surface area contributed by atoms with Gasteiger partial charge in [0.25, 0.3) is 0 Å². The molecule has 4 aromatic rings. The molecule has 4 nitrogen and oxygen atoms in total. The molecule has 0 saturated carbocycles. The summed E-state index contributed by atoms with van der Waals surface area (Å²) < 4.78 is 6.36. The van der Waals surface area contributed by atoms with E-state index in [4.69, 9.17) is 4.42 Å². The summed E-state index contributed by atoms with van der Waals surface area (Å²) in [5, 5.41) is 3.92. The number of hydrogen-bond donors (Lipinski definition) is 1. The van der Waals surface area contributed by atoms with Crippen molar-refractivity contribution in [3.05, 3.63) is 89.3 Å². The van der Waals surface area contributed by atoms with Gasteiger partial charge < -0.3 is 9.73 Å². The standard InChI is InChI=1S/C21H16N2O2S/c24-20(12-11-17-4-3-13-25-17)22-16-9-7-15(8-10-16)14-21-23-18-5-1-2-6-19(18)26-21/h1-13H,14H2,(H,22,24)/b12-11+. The molecule has 0 spiro atoms. The first-order valence-electron chi connectivity index (χ1n) is 8.22. The van der Waals surface area contributed by atoms with E-state index in [1.807, 2.05) is 42.5 Å². The molecule has 1 N–H and O–H groups in total. The van der Waals surface area contributed by atoms with Crippen molar-refractivity contribution in [2.24, 2.45) is 0 Å². The summed E-state index contributed by atoms with van der Waals surface area (Å²) in [5.74, 6) is 0.451. The molecule has 0 bridgehead atoms. The van der Waals surface area contributed by atoms with Gasteiger partial charge in [-0.2, -0.15) is 0 Å². The van der Waals surface area contributed by atoms with E-state index in [-0.39, 0.29) is 5.91 Å². The lowest BCUT2D eigenvalue weighted by molar-refractivity contribution is -0.111. The quantitative estimate of drug-likeness (QED) is 0.502. The van der Waals surface area contributed by atoms with Crippen LogP contribution in [0, 0.1) is 0 Å². The molecular formula is C21H16N2O2S. The van der Waals surface area contributed by atoms with Crippen LogP contribution in [0.4, 0.5) is 5.69 Å². The number of amides is 1. The predicted molar refractivity (Wildman–Crippen MR) is 105 cm³/mol. The summed E-state index contributed by atoms with van der Waals surface area (Å²) in [5.41, 5.74) is 2.96. The van der Waals surface area contributed by atoms with Crippen molar-refractivity contribution in [3.8, 4) is 0 Å². The molecule has 26 heavy (non-hydrogen) atoms. The Bertz CT molecular complexity index is 1010. The highest BCUT2D eigenvalue weighted by atomic mass is 32.1. The maximum atomic E-state index is 11.9. The zero-order valence-electron chi connectivity index (χ0n) is 13.9. The topological polar surface area (TPSA) is 55.1 Å². The number of carbonyl (C=O) groups excluding carboxylic acids is 1. The summed E-state index contributed by atoms with van der Waals surface area (Å²) in [6.45, 7) is 0. The smallest absolute Gasteiger partial charge is 0.248 e. The first-order chi connectivity index (χ1) is 12.8. The third-order valence-corrected chi connectivity index (χ3v) is 4.89. The SMILES string of the molecule is O=C(/C=C/c1ccco1)Nc1ccc(Cc2nc3ccccc3s2)cc1. The predicted octanol–water partition coefficient (Wildman–Crippen LogP) is 5.13. The fourth-order valence-corrected chi connectivity index (χ4v) is 3.61. The van der Waals surface area contributed by atoms with Crippen LogP contribution >= 0.6 is 11.3 Å². The van der Waals surface area contributed by atoms with Crippen molar-refractivity contribution in [2.45, 2.75) is 6.42 Å². The molecule has 0 fully saturated rings. The highest BCUT2D eigenvalue weighted by Crippen LogP contribution is 2.24. The molecule has 0 aliphatic carbocycles. The molecule has 5 heteroatoms. The minimum Gasteiger partial charge on any atom is -0.465 e. The van der Waals surface area contributed by atoms with Crippen LogP contribution in [0.3, 0.4) is 0 Å². The molecule has 4 rings (SSSR count). The lowest BCUT2D eigenvalue weighted by atomic mass is 10.1. The largest absolute Gasteiger partial charge is 0.465 e. The van der Waals surface area contributed by atoms with Gasteiger partial charge in [0.2, 0.25) is 5.91 Å². The molecule has 0 aliphatic rings. The summed E-state index contributed by atoms with van der Waals surface area (Å²) in [6, 6.07) is 19.6. The van der Waals surface area contributed by atoms with Gasteiger partial charge in [0.05, 0.1) is 21.5 Å². The molecule has 0 aliphatic heterocycles. The Hall–Kier alpha value is -3.18. The highest BCUT2D eigenvalue weighted by Gasteiger charge is 2.05. The van der Waals surface area contributed by atoms with E-state index in [2.05, 4.69) is 16.4 Å². The number of para-hydroxylation sites is 1. The number of rotatable bonds is 5. The molecule has 1 amide bonds. The normalized spacial score (nSPS) is 11.2. The van der Waals surface area contributed by atoms with E-state index in [9.17, 15) is 4.79 Å². The van der Waals surface area contributed by atoms with Crippen molar-refractivity contribution >= 4 is 39.2 Å². The van der Waals surface area contributed by atoms with Gasteiger partial charge in [0.15, 0.2) is 0 Å². The van der Waals surface area contributed by atoms with E-state index in [0.29, 0.717) is 5.76 Å². The summed E-state index contributed by atoms with van der Waals surface area (Å²) in [4.78, 5) is 16.6. The Balaban J connectivity index is 1.39. The summed E-state index contributed by atoms with van der Waals surface area (Å²) in [6.07, 6.45) is 5.44. The fourth-order valence-electron chi connectivity index (χ4n) is 2.60. The first kappa shape index (κ1) is 16.3. The zero-order valence-corrected chi connectivity index (χ0v) is 14.7. The number of aromatic nitrogens is 1. The van der Waals surface area contributed by atoms with Gasteiger partial charge >= 0.3 is 0 Å². The molecule has 128 valence electrons. The van der Waals surface area contributed by atoms with Crippen molar-refractivity contribution in [3.63, 3.8) is 0 Å². The molecule has 0 unspecified atom stereocenters. The monoisotopic (exact) mass is 360 g/mol. The third-order valence-electron chi connectivity index (χ3n) is 3.86. The molecular weight excluding hydrogens is 344 g/mol. The number of thiazole rings is 1. The fraction of sp³-hybridized carbons (Fsp3) is 0.0476. The number of furan rings is 1. The maximum absolute atomic E-state index is 11.9. The third kappa shape index (κ3) is 3.90. The van der Waals surface area contributed by atoms with Crippen molar-refractivity contribution in [2.75, 3.05) is 5.32 Å². The average Bonchev–Trinajstić information content (AvgIpc) is 3.30. The van der Waals surface area contributed by atoms with E-state index >= 15 is 0 Å². The summed E-state index contributed by atoms with van der Waals surface area (Å²) in [7, 11) is 0. The van der Waals surface area contributed by atoms with Crippen LogP contribution in [0.5, 0.6) is 0 Å². The van der Waals surface area contributed by atoms with Gasteiger partial charge in [-0.3, -0.25) is 4.79 Å². The highest BCUT2D eigenvalue weighted by molar-refractivity contribution is 7.18. The van der Waals surface area contributed by atoms with E-state index in [1.165, 1.54) is 10.8 Å². The van der Waals surface area contributed by atoms with Gasteiger partial charge in [0, 0.05) is 18.2 Å². The Morgan fingerprint density at radius 3 is 2.69 bits per heavy atom. The second-order valence-electron chi connectivity index (χ2n) is 5.79. The van der Waals surface area contributed by atoms with E-state index in [0.717, 1.165) is 28.2 Å². The van der Waals surface area contributed by atoms with Crippen LogP contribution in [-0.4, -0.2) is 10.9 Å². The Labute approximate surface area is 154 Å². The zero-order chi connectivity index (χ0) is 17.8. The first-order valence-corrected chi connectivity index (χ1v) is 9.04. The van der Waals surface area contributed by atoms with Crippen LogP contribution in [0.25, 0.3) is 16.3 Å². The summed E-state index contributed by atoms with van der Waals surface area (Å²) >= 11 is 1.71. The number of fused-ring (bicyclic) bond motifs is 1. The van der Waals surface area contributed by atoms with Crippen molar-refractivity contribution < 1.29 is 9.21 Å². The van der Waals surface area contributed by atoms with Crippen LogP contribution in [0.15, 0.2) is 77.4 Å². The van der Waals surface area contributed by atoms with E-state index < -0.39 is 0 Å². The number of nitrogens with one attached hydrogen (secondary N) is 1. The van der Waals surface area contributed by atoms with Crippen LogP contribution < -0.4 is 5.32 Å². The van der Waals surface area contributed by atoms with Gasteiger partial charge in [0.1, 0.15) is 5.76 Å². The van der Waals surface area contributed by atoms with Gasteiger partial charge in [-0.1, -0.05) is 24.3 Å². The molecule has 2 heterocycles. The number of anilines is 1. The average molecular weight is 360 g/mol. The van der Waals surface area contributed by atoms with Crippen molar-refractivity contribution in [1.82, 2.24) is 4.98 Å². The van der Waals surface area contributed by atoms with E-state index in [1.54, 1.807) is 35.8 Å². The molecule has 0 atom stereocenters. The second kappa shape index (κ2) is 7.37. The minimum atomic E-state index is -0.194. The molecule has 2 aromatic carbocycles. The maximum Gasteiger partial charge on any atom is 0.248 e. The lowest BCUT2D eigenvalue weighted by Crippen LogP contribution is -2.07. The molecule has 0 radical (unpaired) electrons. The second-order valence-corrected chi connectivity index (χ2v) is 6.90. The Morgan fingerprint density at radius 1 is 1.08 bits per heavy atom. The number of hydrogen-bond acceptors (Lipinski definition) is 4. The van der Waals surface area contributed by atoms with Crippen LogP contribution in [0.1, 0.15) is 16.3 Å². The number of benzene rings is 2. The number of carbonyl (C=O) groups is 1. The minimum absolute atomic E-state index is 0.194. The van der Waals surface area contributed by atoms with Crippen LogP contribution in [0.2, 0.25) is 0 Å². The van der Waals surface area contributed by atoms with Crippen molar-refractivity contribution in [1.29, 1.82) is 0 Å². The van der Waals surface area contributed by atoms with Crippen LogP contribution in [-0.2, 0) is 11.2 Å². The molecule has 2 aromatic heterocycles. The Morgan fingerprint density at radius 2 is 1.92 bits per heavy atom. The lowest BCUT2D eigenvalue weighted by Gasteiger charge is -2.03. The Kier molecular flexibility index (Phi) is 4.62. The van der Waals surface area contributed by atoms with Gasteiger partial charge in [-0.15, -0.1) is 11.3 Å². The molecule has 0 saturated heterocycles.